The van der Waals surface area contributed by atoms with Gasteiger partial charge in [-0.15, -0.1) is 0 Å². The fourth-order valence-electron chi connectivity index (χ4n) is 5.50. The van der Waals surface area contributed by atoms with Gasteiger partial charge in [0.25, 0.3) is 0 Å². The molecule has 6 rings (SSSR count). The van der Waals surface area contributed by atoms with Gasteiger partial charge < -0.3 is 14.8 Å². The fourth-order valence-corrected chi connectivity index (χ4v) is 5.50. The molecule has 6 nitrogen and oxygen atoms in total. The first kappa shape index (κ1) is 19.7. The molecule has 1 N–H and O–H groups in total. The van der Waals surface area contributed by atoms with Gasteiger partial charge in [0, 0.05) is 26.6 Å². The van der Waals surface area contributed by atoms with Crippen LogP contribution in [0.25, 0.3) is 6.08 Å². The number of hydrogen-bond donors (Lipinski definition) is 1. The molecule has 3 aliphatic heterocycles. The Morgan fingerprint density at radius 2 is 1.97 bits per heavy atom. The number of amides is 1. The van der Waals surface area contributed by atoms with Crippen molar-refractivity contribution in [2.24, 2.45) is 24.3 Å². The number of nitrogens with zero attached hydrogens (tertiary/aromatic N) is 3. The Morgan fingerprint density at radius 1 is 1.20 bits per heavy atom. The van der Waals surface area contributed by atoms with Gasteiger partial charge in [-0.3, -0.25) is 9.36 Å². The number of imidazole rings is 1. The van der Waals surface area contributed by atoms with Crippen molar-refractivity contribution in [1.82, 2.24) is 14.5 Å². The molecule has 30 heavy (non-hydrogen) atoms. The van der Waals surface area contributed by atoms with E-state index in [2.05, 4.69) is 53.8 Å². The third kappa shape index (κ3) is 3.44. The van der Waals surface area contributed by atoms with E-state index in [4.69, 9.17) is 0 Å². The molecule has 1 aromatic heterocycles. The van der Waals surface area contributed by atoms with Gasteiger partial charge in [-0.1, -0.05) is 32.9 Å². The van der Waals surface area contributed by atoms with Gasteiger partial charge in [0.2, 0.25) is 5.91 Å². The van der Waals surface area contributed by atoms with E-state index in [-0.39, 0.29) is 23.2 Å². The van der Waals surface area contributed by atoms with Crippen molar-refractivity contribution < 1.29 is 4.79 Å². The van der Waals surface area contributed by atoms with Crippen molar-refractivity contribution in [3.63, 3.8) is 0 Å². The molecule has 2 fully saturated rings. The second kappa shape index (κ2) is 6.89. The van der Waals surface area contributed by atoms with Crippen LogP contribution in [0.3, 0.4) is 0 Å². The maximum absolute atomic E-state index is 12.8. The molecule has 5 aliphatic rings. The summed E-state index contributed by atoms with van der Waals surface area (Å²) in [5.41, 5.74) is 2.35. The summed E-state index contributed by atoms with van der Waals surface area (Å²) in [6, 6.07) is 0.379. The number of carbonyl (C=O) groups excluding carboxylic acids is 1. The summed E-state index contributed by atoms with van der Waals surface area (Å²) in [6.07, 6.45) is 12.1. The molecule has 2 aliphatic carbocycles. The molecular weight excluding hydrogens is 376 g/mol. The smallest absolute Gasteiger partial charge is 0.327 e. The van der Waals surface area contributed by atoms with Crippen molar-refractivity contribution in [3.8, 4) is 0 Å². The highest BCUT2D eigenvalue weighted by atomic mass is 16.2. The Labute approximate surface area is 178 Å². The van der Waals surface area contributed by atoms with Gasteiger partial charge in [0.05, 0.1) is 17.8 Å². The van der Waals surface area contributed by atoms with Gasteiger partial charge in [-0.2, -0.15) is 0 Å². The Bertz CT molecular complexity index is 972. The Balaban J connectivity index is 1.47. The maximum Gasteiger partial charge on any atom is 0.327 e. The highest BCUT2D eigenvalue weighted by molar-refractivity contribution is 5.78. The lowest BCUT2D eigenvalue weighted by molar-refractivity contribution is -0.135. The lowest BCUT2D eigenvalue weighted by Crippen LogP contribution is -2.54. The average Bonchev–Trinajstić information content (AvgIpc) is 3.45. The van der Waals surface area contributed by atoms with Crippen molar-refractivity contribution >= 4 is 17.8 Å². The molecule has 3 unspecified atom stereocenters. The lowest BCUT2D eigenvalue weighted by Gasteiger charge is -2.49. The molecule has 1 saturated carbocycles. The van der Waals surface area contributed by atoms with E-state index >= 15 is 0 Å². The molecule has 162 valence electrons. The monoisotopic (exact) mass is 410 g/mol. The van der Waals surface area contributed by atoms with Crippen LogP contribution in [0.15, 0.2) is 22.5 Å². The molecule has 4 heterocycles. The van der Waals surface area contributed by atoms with E-state index in [1.807, 2.05) is 7.05 Å². The topological polar surface area (TPSA) is 61.3 Å². The standard InChI is InChI=1S/C24H34N4O2/c1-24(2,3)14-28-20(10-9-19-22(28)26(4)23(30)25-19)18-12-17-8-7-16(18)13-27(17)21(29)11-15-5-6-15/h9-10,12,15-17,20H,5-8,11,13-14H2,1-4H3,(H,25,30). The Morgan fingerprint density at radius 3 is 2.60 bits per heavy atom. The van der Waals surface area contributed by atoms with Crippen molar-refractivity contribution in [3.05, 3.63) is 33.9 Å². The van der Waals surface area contributed by atoms with Crippen LogP contribution in [0.2, 0.25) is 0 Å². The quantitative estimate of drug-likeness (QED) is 0.775. The zero-order chi connectivity index (χ0) is 21.2. The van der Waals surface area contributed by atoms with Gasteiger partial charge in [0.15, 0.2) is 0 Å². The number of aromatic amines is 1. The Kier molecular flexibility index (Phi) is 4.53. The summed E-state index contributed by atoms with van der Waals surface area (Å²) >= 11 is 0. The number of carbonyl (C=O) groups is 1. The first-order valence-corrected chi connectivity index (χ1v) is 11.5. The zero-order valence-corrected chi connectivity index (χ0v) is 18.6. The normalized spacial score (nSPS) is 28.0. The van der Waals surface area contributed by atoms with Gasteiger partial charge in [-0.25, -0.2) is 4.79 Å². The number of H-pyrrole nitrogens is 1. The number of aromatic nitrogens is 2. The Hall–Kier alpha value is -2.24. The number of nitrogens with one attached hydrogen (secondary N) is 1. The largest absolute Gasteiger partial charge is 0.345 e. The van der Waals surface area contributed by atoms with Crippen LogP contribution < -0.4 is 10.6 Å². The van der Waals surface area contributed by atoms with E-state index in [0.717, 1.165) is 43.9 Å². The number of fused-ring (bicyclic) bond motifs is 3. The van der Waals surface area contributed by atoms with Gasteiger partial charge in [0.1, 0.15) is 5.82 Å². The minimum atomic E-state index is -0.0693. The highest BCUT2D eigenvalue weighted by Gasteiger charge is 2.42. The van der Waals surface area contributed by atoms with E-state index in [1.165, 1.54) is 18.4 Å². The fraction of sp³-hybridized carbons (Fsp3) is 0.667. The van der Waals surface area contributed by atoms with Crippen molar-refractivity contribution in [2.75, 3.05) is 18.0 Å². The minimum Gasteiger partial charge on any atom is -0.345 e. The molecule has 1 saturated heterocycles. The SMILES string of the molecule is Cn1c2c([nH]c1=O)C=CC(C1=CC3CCC1CN3C(=O)CC1CC1)N2CC(C)(C)C. The summed E-state index contributed by atoms with van der Waals surface area (Å²) < 4.78 is 1.74. The molecule has 6 heteroatoms. The highest BCUT2D eigenvalue weighted by Crippen LogP contribution is 2.42. The number of rotatable bonds is 4. The van der Waals surface area contributed by atoms with Gasteiger partial charge in [-0.05, 0) is 54.6 Å². The number of hydrogen-bond acceptors (Lipinski definition) is 3. The summed E-state index contributed by atoms with van der Waals surface area (Å²) in [5, 5.41) is 0. The first-order valence-electron chi connectivity index (χ1n) is 11.5. The predicted molar refractivity (Wildman–Crippen MR) is 119 cm³/mol. The van der Waals surface area contributed by atoms with E-state index in [1.54, 1.807) is 4.57 Å². The van der Waals surface area contributed by atoms with Crippen LogP contribution in [0, 0.1) is 17.3 Å². The summed E-state index contributed by atoms with van der Waals surface area (Å²) in [6.45, 7) is 8.44. The lowest BCUT2D eigenvalue weighted by atomic mass is 9.75. The zero-order valence-electron chi connectivity index (χ0n) is 18.6. The summed E-state index contributed by atoms with van der Waals surface area (Å²) in [4.78, 5) is 32.7. The van der Waals surface area contributed by atoms with Crippen LogP contribution in [0.5, 0.6) is 0 Å². The first-order chi connectivity index (χ1) is 14.2. The molecule has 0 spiro atoms. The van der Waals surface area contributed by atoms with Crippen LogP contribution in [0.1, 0.15) is 58.6 Å². The summed E-state index contributed by atoms with van der Waals surface area (Å²) in [7, 11) is 1.85. The van der Waals surface area contributed by atoms with Crippen LogP contribution in [-0.4, -0.2) is 45.5 Å². The van der Waals surface area contributed by atoms with Gasteiger partial charge >= 0.3 is 5.69 Å². The molecule has 1 amide bonds. The van der Waals surface area contributed by atoms with E-state index < -0.39 is 0 Å². The third-order valence-corrected chi connectivity index (χ3v) is 7.11. The number of anilines is 1. The van der Waals surface area contributed by atoms with Crippen LogP contribution in [-0.2, 0) is 11.8 Å². The molecule has 0 aromatic carbocycles. The van der Waals surface area contributed by atoms with Crippen LogP contribution >= 0.6 is 0 Å². The second-order valence-electron chi connectivity index (χ2n) is 10.9. The molecular formula is C24H34N4O2. The maximum atomic E-state index is 12.8. The van der Waals surface area contributed by atoms with E-state index in [0.29, 0.717) is 17.7 Å². The average molecular weight is 411 g/mol. The number of piperidine rings is 1. The second-order valence-corrected chi connectivity index (χ2v) is 10.9. The molecule has 3 atom stereocenters. The molecule has 2 bridgehead atoms. The van der Waals surface area contributed by atoms with E-state index in [9.17, 15) is 9.59 Å². The third-order valence-electron chi connectivity index (χ3n) is 7.11. The van der Waals surface area contributed by atoms with Crippen LogP contribution in [0.4, 0.5) is 5.82 Å². The van der Waals surface area contributed by atoms with Crippen molar-refractivity contribution in [1.29, 1.82) is 0 Å². The molecule has 1 aromatic rings. The minimum absolute atomic E-state index is 0.0693. The summed E-state index contributed by atoms with van der Waals surface area (Å²) in [5.74, 6) is 2.38. The van der Waals surface area contributed by atoms with Crippen molar-refractivity contribution in [2.45, 2.75) is 65.0 Å². The predicted octanol–water partition coefficient (Wildman–Crippen LogP) is 3.31. The molecule has 0 radical (unpaired) electrons.